The van der Waals surface area contributed by atoms with Gasteiger partial charge in [0.15, 0.2) is 0 Å². The van der Waals surface area contributed by atoms with Gasteiger partial charge < -0.3 is 10.6 Å². The van der Waals surface area contributed by atoms with Crippen LogP contribution in [0.5, 0.6) is 0 Å². The summed E-state index contributed by atoms with van der Waals surface area (Å²) in [5.74, 6) is 0. The van der Waals surface area contributed by atoms with Gasteiger partial charge in [-0.2, -0.15) is 8.42 Å². The molecule has 116 valence electrons. The lowest BCUT2D eigenvalue weighted by molar-refractivity contribution is -0.864. The van der Waals surface area contributed by atoms with Crippen molar-refractivity contribution in [2.24, 2.45) is 0 Å². The average Bonchev–Trinajstić information content (AvgIpc) is 2.29. The van der Waals surface area contributed by atoms with Gasteiger partial charge in [0, 0.05) is 0 Å². The molecular weight excluding hydrogens is 280 g/mol. The molecule has 20 heavy (non-hydrogen) atoms. The van der Waals surface area contributed by atoms with Crippen LogP contribution in [0.4, 0.5) is 0 Å². The summed E-state index contributed by atoms with van der Waals surface area (Å²) < 4.78 is 30.7. The SMILES string of the molecule is COS(=O)(=O)O.C[N+](C)(C)CC=Cc1ccccc1.N. The highest BCUT2D eigenvalue weighted by Gasteiger charge is 2.01. The minimum atomic E-state index is -4.16. The summed E-state index contributed by atoms with van der Waals surface area (Å²) in [7, 11) is 3.28. The summed E-state index contributed by atoms with van der Waals surface area (Å²) in [4.78, 5) is 0. The Morgan fingerprint density at radius 3 is 2.00 bits per heavy atom. The number of benzene rings is 1. The number of nitrogens with zero attached hydrogens (tertiary/aromatic N) is 1. The molecule has 0 fully saturated rings. The third-order valence-corrected chi connectivity index (χ3v) is 2.39. The van der Waals surface area contributed by atoms with Crippen molar-refractivity contribution in [2.45, 2.75) is 0 Å². The summed E-state index contributed by atoms with van der Waals surface area (Å²) in [6, 6.07) is 10.4. The molecular formula is C13H25N2O4S+. The van der Waals surface area contributed by atoms with E-state index < -0.39 is 10.4 Å². The molecule has 0 aliphatic heterocycles. The van der Waals surface area contributed by atoms with Crippen molar-refractivity contribution in [3.63, 3.8) is 0 Å². The molecule has 0 unspecified atom stereocenters. The van der Waals surface area contributed by atoms with Crippen LogP contribution >= 0.6 is 0 Å². The van der Waals surface area contributed by atoms with Crippen LogP contribution in [-0.4, -0.2) is 52.3 Å². The Bertz CT molecular complexity index is 479. The van der Waals surface area contributed by atoms with Crippen LogP contribution in [0.1, 0.15) is 5.56 Å². The molecule has 0 bridgehead atoms. The highest BCUT2D eigenvalue weighted by atomic mass is 32.3. The second-order valence-corrected chi connectivity index (χ2v) is 6.07. The molecule has 0 aliphatic rings. The lowest BCUT2D eigenvalue weighted by Gasteiger charge is -2.21. The van der Waals surface area contributed by atoms with Gasteiger partial charge in [-0.05, 0) is 11.6 Å². The standard InChI is InChI=1S/C12H18N.CH4O4S.H3N/c1-13(2,3)11-7-10-12-8-5-4-6-9-12;1-5-6(2,3)4;/h4-10H,11H2,1-3H3;1H3,(H,2,3,4);1H3/q+1;;. The molecule has 0 saturated heterocycles. The number of likely N-dealkylation sites (N-methyl/N-ethyl adjacent to an activating group) is 1. The first-order chi connectivity index (χ1) is 8.64. The van der Waals surface area contributed by atoms with Crippen LogP contribution in [0.25, 0.3) is 6.08 Å². The first-order valence-electron chi connectivity index (χ1n) is 5.69. The predicted molar refractivity (Wildman–Crippen MR) is 82.0 cm³/mol. The van der Waals surface area contributed by atoms with Crippen molar-refractivity contribution >= 4 is 16.5 Å². The number of hydrogen-bond donors (Lipinski definition) is 2. The molecule has 0 amide bonds. The van der Waals surface area contributed by atoms with Crippen molar-refractivity contribution in [1.29, 1.82) is 0 Å². The molecule has 4 N–H and O–H groups in total. The third kappa shape index (κ3) is 14.8. The van der Waals surface area contributed by atoms with Gasteiger partial charge in [-0.25, -0.2) is 0 Å². The van der Waals surface area contributed by atoms with Gasteiger partial charge in [0.1, 0.15) is 0 Å². The van der Waals surface area contributed by atoms with Gasteiger partial charge in [-0.15, -0.1) is 0 Å². The fourth-order valence-electron chi connectivity index (χ4n) is 1.07. The number of rotatable bonds is 4. The summed E-state index contributed by atoms with van der Waals surface area (Å²) in [6.07, 6.45) is 4.39. The van der Waals surface area contributed by atoms with E-state index in [9.17, 15) is 8.42 Å². The van der Waals surface area contributed by atoms with E-state index in [1.54, 1.807) is 0 Å². The Morgan fingerprint density at radius 1 is 1.20 bits per heavy atom. The zero-order valence-corrected chi connectivity index (χ0v) is 13.3. The Hall–Kier alpha value is -1.25. The monoisotopic (exact) mass is 305 g/mol. The molecule has 0 radical (unpaired) electrons. The molecule has 1 aromatic rings. The van der Waals surface area contributed by atoms with Crippen molar-refractivity contribution in [3.05, 3.63) is 42.0 Å². The molecule has 1 rings (SSSR count). The molecule has 0 aromatic heterocycles. The van der Waals surface area contributed by atoms with Crippen LogP contribution < -0.4 is 6.15 Å². The maximum Gasteiger partial charge on any atom is 0.397 e. The Morgan fingerprint density at radius 2 is 1.65 bits per heavy atom. The van der Waals surface area contributed by atoms with Gasteiger partial charge in [-0.3, -0.25) is 8.74 Å². The Labute approximate surface area is 121 Å². The van der Waals surface area contributed by atoms with Gasteiger partial charge in [-0.1, -0.05) is 36.4 Å². The van der Waals surface area contributed by atoms with Gasteiger partial charge >= 0.3 is 10.4 Å². The first kappa shape index (κ1) is 21.1. The third-order valence-electron chi connectivity index (χ3n) is 1.97. The predicted octanol–water partition coefficient (Wildman–Crippen LogP) is 2.00. The zero-order valence-electron chi connectivity index (χ0n) is 12.5. The van der Waals surface area contributed by atoms with Gasteiger partial charge in [0.2, 0.25) is 0 Å². The summed E-state index contributed by atoms with van der Waals surface area (Å²) >= 11 is 0. The molecule has 0 spiro atoms. The average molecular weight is 305 g/mol. The van der Waals surface area contributed by atoms with Crippen LogP contribution in [0.2, 0.25) is 0 Å². The molecule has 1 aromatic carbocycles. The normalized spacial score (nSPS) is 11.4. The topological polar surface area (TPSA) is 98.6 Å². The van der Waals surface area contributed by atoms with E-state index in [2.05, 4.69) is 61.7 Å². The van der Waals surface area contributed by atoms with E-state index >= 15 is 0 Å². The van der Waals surface area contributed by atoms with Crippen LogP contribution in [0.3, 0.4) is 0 Å². The largest absolute Gasteiger partial charge is 0.397 e. The molecule has 6 nitrogen and oxygen atoms in total. The molecule has 0 atom stereocenters. The molecule has 0 heterocycles. The minimum Gasteiger partial charge on any atom is -0.344 e. The van der Waals surface area contributed by atoms with E-state index in [0.717, 1.165) is 18.1 Å². The van der Waals surface area contributed by atoms with Crippen molar-refractivity contribution in [2.75, 3.05) is 34.8 Å². The Kier molecular flexibility index (Phi) is 10.1. The zero-order chi connectivity index (χ0) is 14.9. The van der Waals surface area contributed by atoms with E-state index in [1.807, 2.05) is 6.07 Å². The molecule has 0 aliphatic carbocycles. The summed E-state index contributed by atoms with van der Waals surface area (Å²) in [5.41, 5.74) is 1.27. The van der Waals surface area contributed by atoms with E-state index in [1.165, 1.54) is 5.56 Å². The van der Waals surface area contributed by atoms with Crippen LogP contribution in [0.15, 0.2) is 36.4 Å². The van der Waals surface area contributed by atoms with E-state index in [0.29, 0.717) is 0 Å². The van der Waals surface area contributed by atoms with Gasteiger partial charge in [0.05, 0.1) is 34.8 Å². The van der Waals surface area contributed by atoms with Crippen molar-refractivity contribution in [3.8, 4) is 0 Å². The quantitative estimate of drug-likeness (QED) is 0.655. The highest BCUT2D eigenvalue weighted by Crippen LogP contribution is 2.01. The van der Waals surface area contributed by atoms with Crippen LogP contribution in [-0.2, 0) is 14.6 Å². The number of hydrogen-bond acceptors (Lipinski definition) is 4. The second-order valence-electron chi connectivity index (χ2n) is 4.88. The first-order valence-corrected chi connectivity index (χ1v) is 7.05. The van der Waals surface area contributed by atoms with Crippen LogP contribution in [0, 0.1) is 0 Å². The lowest BCUT2D eigenvalue weighted by Crippen LogP contribution is -2.34. The maximum atomic E-state index is 9.33. The van der Waals surface area contributed by atoms with Crippen molar-refractivity contribution in [1.82, 2.24) is 6.15 Å². The van der Waals surface area contributed by atoms with E-state index in [4.69, 9.17) is 4.55 Å². The highest BCUT2D eigenvalue weighted by molar-refractivity contribution is 7.80. The fraction of sp³-hybridized carbons (Fsp3) is 0.385. The maximum absolute atomic E-state index is 9.33. The summed E-state index contributed by atoms with van der Waals surface area (Å²) in [5, 5.41) is 0. The number of quaternary nitrogens is 1. The fourth-order valence-corrected chi connectivity index (χ4v) is 1.07. The molecule has 7 heteroatoms. The smallest absolute Gasteiger partial charge is 0.344 e. The molecule has 0 saturated carbocycles. The minimum absolute atomic E-state index is 0. The lowest BCUT2D eigenvalue weighted by atomic mass is 10.2. The second kappa shape index (κ2) is 9.62. The van der Waals surface area contributed by atoms with E-state index in [-0.39, 0.29) is 6.15 Å². The van der Waals surface area contributed by atoms with Gasteiger partial charge in [0.25, 0.3) is 0 Å². The Balaban J connectivity index is 0. The van der Waals surface area contributed by atoms with Crippen molar-refractivity contribution < 1.29 is 21.6 Å². The summed E-state index contributed by atoms with van der Waals surface area (Å²) in [6.45, 7) is 1.06.